The summed E-state index contributed by atoms with van der Waals surface area (Å²) in [6, 6.07) is 24.1. The third-order valence-electron chi connectivity index (χ3n) is 5.52. The van der Waals surface area contributed by atoms with E-state index in [0.29, 0.717) is 12.4 Å². The second kappa shape index (κ2) is 8.75. The second-order valence-electron chi connectivity index (χ2n) is 7.83. The lowest BCUT2D eigenvalue weighted by atomic mass is 10.1. The summed E-state index contributed by atoms with van der Waals surface area (Å²) in [5.74, 6) is 0.491. The lowest BCUT2D eigenvalue weighted by Crippen LogP contribution is -2.04. The van der Waals surface area contributed by atoms with Crippen molar-refractivity contribution in [2.45, 2.75) is 24.8 Å². The molecule has 0 unspecified atom stereocenters. The Balaban J connectivity index is 1.68. The van der Waals surface area contributed by atoms with E-state index in [9.17, 15) is 8.78 Å². The molecule has 0 saturated carbocycles. The van der Waals surface area contributed by atoms with E-state index < -0.39 is 11.6 Å². The van der Waals surface area contributed by atoms with Crippen molar-refractivity contribution in [3.63, 3.8) is 0 Å². The minimum absolute atomic E-state index is 0.171. The Morgan fingerprint density at radius 3 is 2.56 bits per heavy atom. The van der Waals surface area contributed by atoms with Crippen LogP contribution in [-0.2, 0) is 6.54 Å². The van der Waals surface area contributed by atoms with Gasteiger partial charge in [0.05, 0.1) is 16.6 Å². The number of imidazole rings is 1. The summed E-state index contributed by atoms with van der Waals surface area (Å²) in [6.45, 7) is 2.66. The van der Waals surface area contributed by atoms with Crippen LogP contribution in [0.25, 0.3) is 33.2 Å². The normalized spacial score (nSPS) is 11.5. The third-order valence-corrected chi connectivity index (χ3v) is 6.72. The van der Waals surface area contributed by atoms with E-state index >= 15 is 0 Å². The molecule has 0 aliphatic heterocycles. The van der Waals surface area contributed by atoms with E-state index in [0.717, 1.165) is 51.2 Å². The summed E-state index contributed by atoms with van der Waals surface area (Å²) < 4.78 is 30.7. The first-order valence-corrected chi connectivity index (χ1v) is 11.7. The zero-order valence-electron chi connectivity index (χ0n) is 17.7. The first kappa shape index (κ1) is 20.7. The van der Waals surface area contributed by atoms with Gasteiger partial charge in [-0.25, -0.2) is 13.8 Å². The standard InChI is InChI=1S/C27H22F2N2S/c1-2-13-32-22-10-12-25-26(16-22)31(27(30-25)23-15-21(28)9-11-24(23)29)17-18-7-8-19-5-3-4-6-20(19)14-18/h3-12,14-16H,2,13,17H2,1H3. The first-order chi connectivity index (χ1) is 15.6. The number of nitrogens with zero attached hydrogens (tertiary/aromatic N) is 2. The van der Waals surface area contributed by atoms with Crippen LogP contribution in [-0.4, -0.2) is 15.3 Å². The number of aromatic nitrogens is 2. The summed E-state index contributed by atoms with van der Waals surface area (Å²) in [5.41, 5.74) is 2.93. The van der Waals surface area contributed by atoms with Gasteiger partial charge in [-0.15, -0.1) is 11.8 Å². The van der Waals surface area contributed by atoms with E-state index in [-0.39, 0.29) is 5.56 Å². The van der Waals surface area contributed by atoms with Crippen LogP contribution in [0.15, 0.2) is 83.8 Å². The topological polar surface area (TPSA) is 17.8 Å². The summed E-state index contributed by atoms with van der Waals surface area (Å²) in [4.78, 5) is 5.86. The van der Waals surface area contributed by atoms with Gasteiger partial charge in [-0.2, -0.15) is 0 Å². The Labute approximate surface area is 189 Å². The first-order valence-electron chi connectivity index (χ1n) is 10.7. The van der Waals surface area contributed by atoms with Crippen molar-refractivity contribution in [1.82, 2.24) is 9.55 Å². The van der Waals surface area contributed by atoms with E-state index in [4.69, 9.17) is 4.98 Å². The van der Waals surface area contributed by atoms with Crippen molar-refractivity contribution in [2.75, 3.05) is 5.75 Å². The second-order valence-corrected chi connectivity index (χ2v) is 8.99. The molecule has 0 atom stereocenters. The number of fused-ring (bicyclic) bond motifs is 2. The lowest BCUT2D eigenvalue weighted by molar-refractivity contribution is 0.601. The smallest absolute Gasteiger partial charge is 0.144 e. The highest BCUT2D eigenvalue weighted by atomic mass is 32.2. The number of halogens is 2. The molecular weight excluding hydrogens is 422 g/mol. The fraction of sp³-hybridized carbons (Fsp3) is 0.148. The molecule has 160 valence electrons. The quantitative estimate of drug-likeness (QED) is 0.250. The minimum atomic E-state index is -0.484. The molecule has 0 saturated heterocycles. The molecule has 32 heavy (non-hydrogen) atoms. The molecule has 0 spiro atoms. The van der Waals surface area contributed by atoms with Gasteiger partial charge in [-0.3, -0.25) is 0 Å². The summed E-state index contributed by atoms with van der Waals surface area (Å²) >= 11 is 1.79. The summed E-state index contributed by atoms with van der Waals surface area (Å²) in [6.07, 6.45) is 1.08. The highest BCUT2D eigenvalue weighted by Crippen LogP contribution is 2.31. The van der Waals surface area contributed by atoms with Crippen LogP contribution in [0.4, 0.5) is 8.78 Å². The predicted molar refractivity (Wildman–Crippen MR) is 129 cm³/mol. The molecule has 5 heteroatoms. The van der Waals surface area contributed by atoms with Gasteiger partial charge >= 0.3 is 0 Å². The highest BCUT2D eigenvalue weighted by molar-refractivity contribution is 7.99. The molecule has 0 bridgehead atoms. The van der Waals surface area contributed by atoms with Gasteiger partial charge in [0.1, 0.15) is 17.5 Å². The van der Waals surface area contributed by atoms with Crippen molar-refractivity contribution < 1.29 is 8.78 Å². The van der Waals surface area contributed by atoms with Gasteiger partial charge < -0.3 is 4.57 Å². The Morgan fingerprint density at radius 2 is 1.72 bits per heavy atom. The molecule has 0 N–H and O–H groups in total. The largest absolute Gasteiger partial charge is 0.319 e. The van der Waals surface area contributed by atoms with Crippen molar-refractivity contribution in [1.29, 1.82) is 0 Å². The summed E-state index contributed by atoms with van der Waals surface area (Å²) in [5, 5.41) is 2.31. The monoisotopic (exact) mass is 444 g/mol. The van der Waals surface area contributed by atoms with Crippen molar-refractivity contribution in [3.05, 3.63) is 96.1 Å². The van der Waals surface area contributed by atoms with E-state index in [1.807, 2.05) is 28.8 Å². The average Bonchev–Trinajstić information content (AvgIpc) is 3.16. The third kappa shape index (κ3) is 4.00. The van der Waals surface area contributed by atoms with Gasteiger partial charge in [-0.05, 0) is 71.0 Å². The maximum atomic E-state index is 14.7. The molecule has 5 aromatic rings. The Kier molecular flexibility index (Phi) is 5.66. The lowest BCUT2D eigenvalue weighted by Gasteiger charge is -2.12. The van der Waals surface area contributed by atoms with Crippen molar-refractivity contribution in [2.24, 2.45) is 0 Å². The molecule has 0 amide bonds. The molecule has 0 aliphatic rings. The van der Waals surface area contributed by atoms with Crippen LogP contribution < -0.4 is 0 Å². The zero-order valence-corrected chi connectivity index (χ0v) is 18.5. The molecule has 1 heterocycles. The van der Waals surface area contributed by atoms with Crippen LogP contribution in [0.3, 0.4) is 0 Å². The average molecular weight is 445 g/mol. The molecule has 4 aromatic carbocycles. The van der Waals surface area contributed by atoms with Crippen LogP contribution >= 0.6 is 11.8 Å². The Bertz CT molecular complexity index is 1420. The molecule has 0 radical (unpaired) electrons. The molecule has 0 fully saturated rings. The number of hydrogen-bond acceptors (Lipinski definition) is 2. The molecule has 5 rings (SSSR count). The summed E-state index contributed by atoms with van der Waals surface area (Å²) in [7, 11) is 0. The molecule has 0 aliphatic carbocycles. The van der Waals surface area contributed by atoms with Crippen molar-refractivity contribution >= 4 is 33.6 Å². The number of thioether (sulfide) groups is 1. The van der Waals surface area contributed by atoms with Crippen LogP contribution in [0, 0.1) is 11.6 Å². The SMILES string of the molecule is CCCSc1ccc2nc(-c3cc(F)ccc3F)n(Cc3ccc4ccccc4c3)c2c1. The highest BCUT2D eigenvalue weighted by Gasteiger charge is 2.18. The minimum Gasteiger partial charge on any atom is -0.319 e. The fourth-order valence-electron chi connectivity index (χ4n) is 3.97. The predicted octanol–water partition coefficient (Wildman–Crippen LogP) is 7.69. The van der Waals surface area contributed by atoms with Gasteiger partial charge in [0, 0.05) is 11.4 Å². The van der Waals surface area contributed by atoms with Gasteiger partial charge in [0.15, 0.2) is 0 Å². The zero-order chi connectivity index (χ0) is 22.1. The Hall–Kier alpha value is -3.18. The number of rotatable bonds is 6. The molecule has 2 nitrogen and oxygen atoms in total. The molecular formula is C27H22F2N2S. The van der Waals surface area contributed by atoms with E-state index in [1.165, 1.54) is 11.5 Å². The van der Waals surface area contributed by atoms with Crippen LogP contribution in [0.2, 0.25) is 0 Å². The van der Waals surface area contributed by atoms with Crippen LogP contribution in [0.5, 0.6) is 0 Å². The maximum Gasteiger partial charge on any atom is 0.144 e. The fourth-order valence-corrected chi connectivity index (χ4v) is 4.77. The maximum absolute atomic E-state index is 14.7. The Morgan fingerprint density at radius 1 is 0.875 bits per heavy atom. The van der Waals surface area contributed by atoms with Crippen LogP contribution in [0.1, 0.15) is 18.9 Å². The van der Waals surface area contributed by atoms with Crippen molar-refractivity contribution in [3.8, 4) is 11.4 Å². The number of benzene rings is 4. The van der Waals surface area contributed by atoms with E-state index in [2.05, 4.69) is 43.3 Å². The van der Waals surface area contributed by atoms with Gasteiger partial charge in [0.25, 0.3) is 0 Å². The van der Waals surface area contributed by atoms with Gasteiger partial charge in [0.2, 0.25) is 0 Å². The number of hydrogen-bond donors (Lipinski definition) is 0. The van der Waals surface area contributed by atoms with Gasteiger partial charge in [-0.1, -0.05) is 43.3 Å². The van der Waals surface area contributed by atoms with E-state index in [1.54, 1.807) is 11.8 Å². The molecule has 1 aromatic heterocycles.